The molecule has 1 N–H and O–H groups in total. The predicted octanol–water partition coefficient (Wildman–Crippen LogP) is 2.26. The summed E-state index contributed by atoms with van der Waals surface area (Å²) in [6.45, 7) is 10.6. The number of hydrogen-bond donors (Lipinski definition) is 1. The molecule has 1 heterocycles. The second-order valence-electron chi connectivity index (χ2n) is 7.00. The highest BCUT2D eigenvalue weighted by Gasteiger charge is 2.37. The number of ether oxygens (including phenoxy) is 1. The van der Waals surface area contributed by atoms with Crippen LogP contribution in [0.1, 0.15) is 46.5 Å². The van der Waals surface area contributed by atoms with Crippen LogP contribution in [0.4, 0.5) is 0 Å². The molecule has 0 aromatic carbocycles. The molecule has 0 aromatic heterocycles. The Morgan fingerprint density at radius 1 is 1.22 bits per heavy atom. The van der Waals surface area contributed by atoms with Gasteiger partial charge >= 0.3 is 0 Å². The van der Waals surface area contributed by atoms with Crippen molar-refractivity contribution in [3.8, 4) is 0 Å². The summed E-state index contributed by atoms with van der Waals surface area (Å²) in [5.74, 6) is 0. The summed E-state index contributed by atoms with van der Waals surface area (Å²) >= 11 is 0. The van der Waals surface area contributed by atoms with E-state index < -0.39 is 0 Å². The van der Waals surface area contributed by atoms with E-state index in [1.165, 1.54) is 32.2 Å². The Morgan fingerprint density at radius 2 is 2.00 bits per heavy atom. The molecule has 106 valence electrons. The van der Waals surface area contributed by atoms with Crippen molar-refractivity contribution in [2.75, 3.05) is 26.7 Å². The van der Waals surface area contributed by atoms with Gasteiger partial charge in [-0.15, -0.1) is 0 Å². The lowest BCUT2D eigenvalue weighted by Crippen LogP contribution is -2.60. The van der Waals surface area contributed by atoms with Gasteiger partial charge in [-0.2, -0.15) is 0 Å². The number of rotatable bonds is 2. The molecule has 2 fully saturated rings. The van der Waals surface area contributed by atoms with E-state index in [2.05, 4.69) is 31.0 Å². The fourth-order valence-corrected chi connectivity index (χ4v) is 3.60. The summed E-state index contributed by atoms with van der Waals surface area (Å²) < 4.78 is 5.59. The summed E-state index contributed by atoms with van der Waals surface area (Å²) in [6, 6.07) is 1.39. The molecule has 0 radical (unpaired) electrons. The number of nitrogens with zero attached hydrogens (tertiary/aromatic N) is 1. The van der Waals surface area contributed by atoms with Gasteiger partial charge in [0.1, 0.15) is 0 Å². The molecule has 2 aliphatic rings. The van der Waals surface area contributed by atoms with Crippen LogP contribution in [0, 0.1) is 5.41 Å². The number of nitrogens with one attached hydrogen (secondary N) is 1. The first-order chi connectivity index (χ1) is 8.52. The van der Waals surface area contributed by atoms with Crippen molar-refractivity contribution in [2.24, 2.45) is 5.41 Å². The molecular weight excluding hydrogens is 224 g/mol. The smallest absolute Gasteiger partial charge is 0.0586 e. The molecule has 0 aromatic rings. The Labute approximate surface area is 112 Å². The molecule has 1 aliphatic carbocycles. The topological polar surface area (TPSA) is 24.5 Å². The van der Waals surface area contributed by atoms with Crippen LogP contribution < -0.4 is 5.32 Å². The fourth-order valence-electron chi connectivity index (χ4n) is 3.60. The highest BCUT2D eigenvalue weighted by molar-refractivity contribution is 4.93. The third-order valence-electron chi connectivity index (χ3n) is 4.69. The maximum Gasteiger partial charge on any atom is 0.0586 e. The molecule has 18 heavy (non-hydrogen) atoms. The summed E-state index contributed by atoms with van der Waals surface area (Å²) in [4.78, 5) is 2.77. The third-order valence-corrected chi connectivity index (χ3v) is 4.69. The Bertz CT molecular complexity index is 262. The normalized spacial score (nSPS) is 35.7. The zero-order chi connectivity index (χ0) is 13.2. The Hall–Kier alpha value is -0.120. The molecule has 0 amide bonds. The van der Waals surface area contributed by atoms with Gasteiger partial charge in [-0.25, -0.2) is 0 Å². The molecule has 1 saturated heterocycles. The standard InChI is InChI=1S/C15H30N2O/c1-15(2,3)14-11-16-8-9-17(14)12-6-5-7-13(10-12)18-4/h12-14,16H,5-11H2,1-4H3. The van der Waals surface area contributed by atoms with Crippen LogP contribution in [0.2, 0.25) is 0 Å². The lowest BCUT2D eigenvalue weighted by atomic mass is 9.81. The first-order valence-electron chi connectivity index (χ1n) is 7.51. The van der Waals surface area contributed by atoms with Crippen LogP contribution in [0.15, 0.2) is 0 Å². The van der Waals surface area contributed by atoms with Gasteiger partial charge in [0, 0.05) is 38.8 Å². The minimum Gasteiger partial charge on any atom is -0.381 e. The molecule has 3 heteroatoms. The van der Waals surface area contributed by atoms with Crippen LogP contribution in [0.5, 0.6) is 0 Å². The number of hydrogen-bond acceptors (Lipinski definition) is 3. The average molecular weight is 254 g/mol. The van der Waals surface area contributed by atoms with E-state index >= 15 is 0 Å². The maximum atomic E-state index is 5.59. The van der Waals surface area contributed by atoms with E-state index in [4.69, 9.17) is 4.74 Å². The second-order valence-corrected chi connectivity index (χ2v) is 7.00. The summed E-state index contributed by atoms with van der Waals surface area (Å²) in [5.41, 5.74) is 0.355. The molecular formula is C15H30N2O. The molecule has 0 spiro atoms. The van der Waals surface area contributed by atoms with Gasteiger partial charge in [0.05, 0.1) is 6.10 Å². The van der Waals surface area contributed by atoms with E-state index in [1.807, 2.05) is 7.11 Å². The zero-order valence-corrected chi connectivity index (χ0v) is 12.5. The highest BCUT2D eigenvalue weighted by Crippen LogP contribution is 2.32. The van der Waals surface area contributed by atoms with Gasteiger partial charge in [0.2, 0.25) is 0 Å². The maximum absolute atomic E-state index is 5.59. The Kier molecular flexibility index (Phi) is 4.68. The molecule has 3 unspecified atom stereocenters. The van der Waals surface area contributed by atoms with Crippen LogP contribution in [0.25, 0.3) is 0 Å². The molecule has 3 atom stereocenters. The lowest BCUT2D eigenvalue weighted by molar-refractivity contribution is -0.0173. The third kappa shape index (κ3) is 3.25. The van der Waals surface area contributed by atoms with Crippen molar-refractivity contribution >= 4 is 0 Å². The van der Waals surface area contributed by atoms with E-state index in [-0.39, 0.29) is 0 Å². The minimum atomic E-state index is 0.355. The van der Waals surface area contributed by atoms with Crippen molar-refractivity contribution in [1.82, 2.24) is 10.2 Å². The molecule has 3 nitrogen and oxygen atoms in total. The van der Waals surface area contributed by atoms with E-state index in [1.54, 1.807) is 0 Å². The SMILES string of the molecule is COC1CCCC(N2CCNCC2C(C)(C)C)C1. The lowest BCUT2D eigenvalue weighted by Gasteiger charge is -2.49. The van der Waals surface area contributed by atoms with Crippen LogP contribution in [-0.4, -0.2) is 49.8 Å². The van der Waals surface area contributed by atoms with Gasteiger partial charge in [0.15, 0.2) is 0 Å². The molecule has 1 aliphatic heterocycles. The van der Waals surface area contributed by atoms with Crippen molar-refractivity contribution in [1.29, 1.82) is 0 Å². The van der Waals surface area contributed by atoms with Gasteiger partial charge < -0.3 is 10.1 Å². The van der Waals surface area contributed by atoms with Gasteiger partial charge in [0.25, 0.3) is 0 Å². The van der Waals surface area contributed by atoms with Gasteiger partial charge in [-0.05, 0) is 31.1 Å². The van der Waals surface area contributed by atoms with E-state index in [0.717, 1.165) is 19.1 Å². The zero-order valence-electron chi connectivity index (χ0n) is 12.5. The van der Waals surface area contributed by atoms with E-state index in [0.29, 0.717) is 17.6 Å². The number of methoxy groups -OCH3 is 1. The highest BCUT2D eigenvalue weighted by atomic mass is 16.5. The summed E-state index contributed by atoms with van der Waals surface area (Å²) in [6.07, 6.45) is 5.64. The largest absolute Gasteiger partial charge is 0.381 e. The van der Waals surface area contributed by atoms with E-state index in [9.17, 15) is 0 Å². The van der Waals surface area contributed by atoms with Crippen molar-refractivity contribution in [3.63, 3.8) is 0 Å². The van der Waals surface area contributed by atoms with Crippen molar-refractivity contribution < 1.29 is 4.74 Å². The van der Waals surface area contributed by atoms with Crippen LogP contribution in [0.3, 0.4) is 0 Å². The first kappa shape index (κ1) is 14.3. The molecule has 1 saturated carbocycles. The van der Waals surface area contributed by atoms with Gasteiger partial charge in [-0.3, -0.25) is 4.90 Å². The van der Waals surface area contributed by atoms with Crippen LogP contribution in [-0.2, 0) is 4.74 Å². The fraction of sp³-hybridized carbons (Fsp3) is 1.00. The quantitative estimate of drug-likeness (QED) is 0.818. The molecule has 0 bridgehead atoms. The van der Waals surface area contributed by atoms with Crippen molar-refractivity contribution in [2.45, 2.75) is 64.6 Å². The monoisotopic (exact) mass is 254 g/mol. The Balaban J connectivity index is 2.04. The van der Waals surface area contributed by atoms with Crippen LogP contribution >= 0.6 is 0 Å². The Morgan fingerprint density at radius 3 is 2.67 bits per heavy atom. The first-order valence-corrected chi connectivity index (χ1v) is 7.51. The van der Waals surface area contributed by atoms with Crippen molar-refractivity contribution in [3.05, 3.63) is 0 Å². The summed E-state index contributed by atoms with van der Waals surface area (Å²) in [7, 11) is 1.87. The number of piperazine rings is 1. The predicted molar refractivity (Wildman–Crippen MR) is 75.9 cm³/mol. The molecule has 2 rings (SSSR count). The van der Waals surface area contributed by atoms with Gasteiger partial charge in [-0.1, -0.05) is 20.8 Å². The average Bonchev–Trinajstić information content (AvgIpc) is 2.38. The summed E-state index contributed by atoms with van der Waals surface area (Å²) in [5, 5.41) is 3.56. The second kappa shape index (κ2) is 5.89. The minimum absolute atomic E-state index is 0.355.